The van der Waals surface area contributed by atoms with Crippen LogP contribution >= 0.6 is 15.9 Å². The number of carbonyl (C=O) groups is 1. The summed E-state index contributed by atoms with van der Waals surface area (Å²) in [5, 5.41) is 10.6. The van der Waals surface area contributed by atoms with Gasteiger partial charge < -0.3 is 15.4 Å². The molecule has 122 valence electrons. The number of carbonyl (C=O) groups excluding carboxylic acids is 1. The Labute approximate surface area is 143 Å². The van der Waals surface area contributed by atoms with Crippen molar-refractivity contribution in [3.8, 4) is 5.75 Å². The van der Waals surface area contributed by atoms with Crippen molar-refractivity contribution >= 4 is 27.5 Å². The predicted molar refractivity (Wildman–Crippen MR) is 91.6 cm³/mol. The molecule has 2 heterocycles. The van der Waals surface area contributed by atoms with Crippen molar-refractivity contribution in [2.24, 2.45) is 0 Å². The standard InChI is InChI=1S/C16H19BrN4O2/c1-23-14-4-3-12(11-13(14)17)20-15(22)16(5-8-18-9-6-16)21-10-2-7-19-21/h2-4,7,10-11,18H,5-6,8-9H2,1H3,(H,20,22). The summed E-state index contributed by atoms with van der Waals surface area (Å²) in [6.07, 6.45) is 4.98. The van der Waals surface area contributed by atoms with Crippen LogP contribution in [0.4, 0.5) is 5.69 Å². The molecule has 1 saturated heterocycles. The number of amides is 1. The Bertz CT molecular complexity index is 681. The predicted octanol–water partition coefficient (Wildman–Crippen LogP) is 2.37. The molecule has 23 heavy (non-hydrogen) atoms. The van der Waals surface area contributed by atoms with Gasteiger partial charge in [-0.15, -0.1) is 0 Å². The minimum Gasteiger partial charge on any atom is -0.496 e. The molecule has 1 aliphatic rings. The van der Waals surface area contributed by atoms with E-state index < -0.39 is 5.54 Å². The molecule has 0 saturated carbocycles. The number of hydrogen-bond acceptors (Lipinski definition) is 4. The lowest BCUT2D eigenvalue weighted by Crippen LogP contribution is -2.52. The summed E-state index contributed by atoms with van der Waals surface area (Å²) in [7, 11) is 1.61. The third-order valence-corrected chi connectivity index (χ3v) is 4.83. The third-order valence-electron chi connectivity index (χ3n) is 4.21. The quantitative estimate of drug-likeness (QED) is 0.856. The summed E-state index contributed by atoms with van der Waals surface area (Å²) in [5.41, 5.74) is 0.0778. The smallest absolute Gasteiger partial charge is 0.252 e. The van der Waals surface area contributed by atoms with E-state index in [1.165, 1.54) is 0 Å². The highest BCUT2D eigenvalue weighted by atomic mass is 79.9. The summed E-state index contributed by atoms with van der Waals surface area (Å²) in [5.74, 6) is 0.687. The average Bonchev–Trinajstić information content (AvgIpc) is 3.10. The van der Waals surface area contributed by atoms with Gasteiger partial charge >= 0.3 is 0 Å². The van der Waals surface area contributed by atoms with E-state index in [-0.39, 0.29) is 5.91 Å². The number of nitrogens with one attached hydrogen (secondary N) is 2. The number of nitrogens with zero attached hydrogens (tertiary/aromatic N) is 2. The topological polar surface area (TPSA) is 68.2 Å². The Balaban J connectivity index is 1.86. The minimum atomic E-state index is -0.652. The average molecular weight is 379 g/mol. The monoisotopic (exact) mass is 378 g/mol. The molecule has 2 aromatic rings. The van der Waals surface area contributed by atoms with Crippen molar-refractivity contribution in [1.29, 1.82) is 0 Å². The number of benzene rings is 1. The van der Waals surface area contributed by atoms with Crippen LogP contribution in [0.3, 0.4) is 0 Å². The molecule has 2 N–H and O–H groups in total. The summed E-state index contributed by atoms with van der Waals surface area (Å²) in [6, 6.07) is 7.34. The van der Waals surface area contributed by atoms with Gasteiger partial charge in [0.15, 0.2) is 0 Å². The Morgan fingerprint density at radius 3 is 2.83 bits per heavy atom. The van der Waals surface area contributed by atoms with Crippen LogP contribution in [0.15, 0.2) is 41.1 Å². The number of piperidine rings is 1. The van der Waals surface area contributed by atoms with Crippen LogP contribution < -0.4 is 15.4 Å². The van der Waals surface area contributed by atoms with E-state index in [4.69, 9.17) is 4.74 Å². The Morgan fingerprint density at radius 1 is 1.43 bits per heavy atom. The highest BCUT2D eigenvalue weighted by molar-refractivity contribution is 9.10. The zero-order valence-electron chi connectivity index (χ0n) is 12.9. The number of rotatable bonds is 4. The summed E-state index contributed by atoms with van der Waals surface area (Å²) < 4.78 is 7.80. The van der Waals surface area contributed by atoms with Gasteiger partial charge in [-0.2, -0.15) is 5.10 Å². The molecular weight excluding hydrogens is 360 g/mol. The van der Waals surface area contributed by atoms with Gasteiger partial charge in [-0.05, 0) is 66.1 Å². The van der Waals surface area contributed by atoms with Crippen LogP contribution in [0.25, 0.3) is 0 Å². The maximum absolute atomic E-state index is 13.0. The first-order chi connectivity index (χ1) is 11.2. The molecule has 0 spiro atoms. The van der Waals surface area contributed by atoms with E-state index in [0.717, 1.165) is 29.0 Å². The van der Waals surface area contributed by atoms with Crippen LogP contribution in [0, 0.1) is 0 Å². The van der Waals surface area contributed by atoms with E-state index in [0.29, 0.717) is 12.8 Å². The van der Waals surface area contributed by atoms with Gasteiger partial charge in [0.1, 0.15) is 11.3 Å². The van der Waals surface area contributed by atoms with Crippen molar-refractivity contribution in [2.45, 2.75) is 18.4 Å². The molecule has 3 rings (SSSR count). The van der Waals surface area contributed by atoms with Gasteiger partial charge in [0.25, 0.3) is 5.91 Å². The molecule has 0 unspecified atom stereocenters. The Kier molecular flexibility index (Phi) is 4.68. The lowest BCUT2D eigenvalue weighted by atomic mass is 9.87. The number of halogens is 1. The lowest BCUT2D eigenvalue weighted by molar-refractivity contribution is -0.126. The molecule has 0 radical (unpaired) electrons. The van der Waals surface area contributed by atoms with Gasteiger partial charge in [-0.25, -0.2) is 0 Å². The molecule has 1 aliphatic heterocycles. The highest BCUT2D eigenvalue weighted by Gasteiger charge is 2.42. The zero-order valence-corrected chi connectivity index (χ0v) is 14.5. The molecule has 0 aliphatic carbocycles. The van der Waals surface area contributed by atoms with Gasteiger partial charge in [0.2, 0.25) is 0 Å². The second kappa shape index (κ2) is 6.72. The van der Waals surface area contributed by atoms with Crippen molar-refractivity contribution in [3.05, 3.63) is 41.1 Å². The number of methoxy groups -OCH3 is 1. The molecule has 0 bridgehead atoms. The number of hydrogen-bond donors (Lipinski definition) is 2. The molecule has 0 atom stereocenters. The Morgan fingerprint density at radius 2 is 2.22 bits per heavy atom. The fourth-order valence-corrected chi connectivity index (χ4v) is 3.45. The van der Waals surface area contributed by atoms with Crippen LogP contribution in [0.1, 0.15) is 12.8 Å². The number of aromatic nitrogens is 2. The second-order valence-electron chi connectivity index (χ2n) is 5.54. The van der Waals surface area contributed by atoms with Gasteiger partial charge in [-0.3, -0.25) is 9.48 Å². The van der Waals surface area contributed by atoms with Crippen LogP contribution in [0.5, 0.6) is 5.75 Å². The van der Waals surface area contributed by atoms with E-state index in [9.17, 15) is 4.79 Å². The number of ether oxygens (including phenoxy) is 1. The largest absolute Gasteiger partial charge is 0.496 e. The zero-order chi connectivity index (χ0) is 16.3. The summed E-state index contributed by atoms with van der Waals surface area (Å²) >= 11 is 3.44. The SMILES string of the molecule is COc1ccc(NC(=O)C2(n3cccn3)CCNCC2)cc1Br. The van der Waals surface area contributed by atoms with Gasteiger partial charge in [-0.1, -0.05) is 0 Å². The van der Waals surface area contributed by atoms with Crippen LogP contribution in [0.2, 0.25) is 0 Å². The first-order valence-electron chi connectivity index (χ1n) is 7.51. The molecule has 7 heteroatoms. The fraction of sp³-hybridized carbons (Fsp3) is 0.375. The van der Waals surface area contributed by atoms with E-state index >= 15 is 0 Å². The molecule has 1 aromatic heterocycles. The molecular formula is C16H19BrN4O2. The van der Waals surface area contributed by atoms with Crippen molar-refractivity contribution in [2.75, 3.05) is 25.5 Å². The second-order valence-corrected chi connectivity index (χ2v) is 6.39. The van der Waals surface area contributed by atoms with Gasteiger partial charge in [0, 0.05) is 18.1 Å². The van der Waals surface area contributed by atoms with E-state index in [2.05, 4.69) is 31.7 Å². The highest BCUT2D eigenvalue weighted by Crippen LogP contribution is 2.31. The molecule has 1 amide bonds. The van der Waals surface area contributed by atoms with Crippen LogP contribution in [-0.2, 0) is 10.3 Å². The maximum atomic E-state index is 13.0. The number of anilines is 1. The normalized spacial score (nSPS) is 16.8. The fourth-order valence-electron chi connectivity index (χ4n) is 2.91. The van der Waals surface area contributed by atoms with Crippen LogP contribution in [-0.4, -0.2) is 35.9 Å². The van der Waals surface area contributed by atoms with Crippen molar-refractivity contribution in [3.63, 3.8) is 0 Å². The summed E-state index contributed by atoms with van der Waals surface area (Å²) in [4.78, 5) is 13.0. The van der Waals surface area contributed by atoms with E-state index in [1.807, 2.05) is 30.5 Å². The lowest BCUT2D eigenvalue weighted by Gasteiger charge is -2.36. The third kappa shape index (κ3) is 3.11. The van der Waals surface area contributed by atoms with Crippen molar-refractivity contribution < 1.29 is 9.53 Å². The summed E-state index contributed by atoms with van der Waals surface area (Å²) in [6.45, 7) is 1.58. The minimum absolute atomic E-state index is 0.0419. The molecule has 1 aromatic carbocycles. The van der Waals surface area contributed by atoms with Gasteiger partial charge in [0.05, 0.1) is 11.6 Å². The molecule has 1 fully saturated rings. The van der Waals surface area contributed by atoms with E-state index in [1.54, 1.807) is 18.0 Å². The first kappa shape index (κ1) is 16.0. The maximum Gasteiger partial charge on any atom is 0.252 e. The molecule has 6 nitrogen and oxygen atoms in total. The first-order valence-corrected chi connectivity index (χ1v) is 8.31. The Hall–Kier alpha value is -1.86. The van der Waals surface area contributed by atoms with Crippen molar-refractivity contribution in [1.82, 2.24) is 15.1 Å².